The molecule has 4 rings (SSSR count). The average Bonchev–Trinajstić information content (AvgIpc) is 3.17. The summed E-state index contributed by atoms with van der Waals surface area (Å²) in [5.74, 6) is 3.20. The third-order valence-corrected chi connectivity index (χ3v) is 10.8. The van der Waals surface area contributed by atoms with Gasteiger partial charge in [0.05, 0.1) is 40.1 Å². The molecule has 0 heterocycles. The fraction of sp³-hybridized carbons (Fsp3) is 0.674. The molecule has 6 N–H and O–H groups in total. The molecule has 0 radical (unpaired) electrons. The number of nitrogens with two attached hydrogens (primary N) is 2. The van der Waals surface area contributed by atoms with Crippen LogP contribution in [0.4, 0.5) is 5.69 Å². The summed E-state index contributed by atoms with van der Waals surface area (Å²) in [5.41, 5.74) is 14.7. The van der Waals surface area contributed by atoms with Crippen molar-refractivity contribution >= 4 is 17.5 Å². The van der Waals surface area contributed by atoms with Gasteiger partial charge in [-0.25, -0.2) is 0 Å². The second-order valence-corrected chi connectivity index (χ2v) is 16.0. The quantitative estimate of drug-likeness (QED) is 0.107. The van der Waals surface area contributed by atoms with E-state index >= 15 is 0 Å². The average molecular weight is 769 g/mol. The van der Waals surface area contributed by atoms with Crippen molar-refractivity contribution in [2.24, 2.45) is 29.2 Å². The number of ether oxygens (including phenoxy) is 6. The smallest absolute Gasteiger partial charge is 0.255 e. The molecule has 2 aromatic carbocycles. The molecule has 0 aliphatic heterocycles. The highest BCUT2D eigenvalue weighted by Crippen LogP contribution is 2.34. The molecule has 0 bridgehead atoms. The number of nitrogens with one attached hydrogen (secondary N) is 2. The summed E-state index contributed by atoms with van der Waals surface area (Å²) in [5, 5.41) is 6.02. The van der Waals surface area contributed by atoms with Gasteiger partial charge in [-0.05, 0) is 89.3 Å². The summed E-state index contributed by atoms with van der Waals surface area (Å²) in [6, 6.07) is 10.1. The maximum Gasteiger partial charge on any atom is 0.255 e. The molecule has 2 amide bonds. The Morgan fingerprint density at radius 2 is 1.27 bits per heavy atom. The van der Waals surface area contributed by atoms with Crippen LogP contribution in [0.2, 0.25) is 0 Å². The number of anilines is 1. The highest BCUT2D eigenvalue weighted by molar-refractivity contribution is 5.95. The van der Waals surface area contributed by atoms with Crippen LogP contribution < -0.4 is 41.0 Å². The van der Waals surface area contributed by atoms with Crippen LogP contribution in [0.3, 0.4) is 0 Å². The van der Waals surface area contributed by atoms with Crippen molar-refractivity contribution in [3.63, 3.8) is 0 Å². The van der Waals surface area contributed by atoms with Crippen molar-refractivity contribution in [3.05, 3.63) is 42.0 Å². The van der Waals surface area contributed by atoms with E-state index in [-0.39, 0.29) is 36.6 Å². The van der Waals surface area contributed by atoms with E-state index in [0.29, 0.717) is 59.5 Å². The van der Waals surface area contributed by atoms with Crippen LogP contribution in [0.25, 0.3) is 0 Å². The van der Waals surface area contributed by atoms with Crippen LogP contribution in [-0.2, 0) is 25.6 Å². The Balaban J connectivity index is 1.32. The first kappa shape index (κ1) is 44.1. The molecule has 2 aliphatic rings. The standard InChI is InChI=1S/C43H68N4O8/c1-27(2)54-40(37(44)19-29-12-9-8-10-13-29)42(48)46-25-32-21-34(16-17-39(32)52-7)53-26-31-15-11-14-30(18-31)20-38(45)41(55-28(3)4)43(49)47-33-22-35(50-5)24-36(23-33)51-6/h16-17,21-24,27-31,37-38,40-41H,8-15,18-20,25-26,44-45H2,1-7H3,(H,46,48)(H,47,49)/t30?,31?,37-,38?,40?,41?/m1/s1. The van der Waals surface area contributed by atoms with Crippen LogP contribution >= 0.6 is 0 Å². The van der Waals surface area contributed by atoms with Crippen LogP contribution in [0.5, 0.6) is 23.0 Å². The largest absolute Gasteiger partial charge is 0.497 e. The maximum atomic E-state index is 13.5. The minimum atomic E-state index is -0.827. The minimum Gasteiger partial charge on any atom is -0.497 e. The number of carbonyl (C=O) groups is 2. The van der Waals surface area contributed by atoms with Gasteiger partial charge in [0.2, 0.25) is 0 Å². The van der Waals surface area contributed by atoms with E-state index in [1.807, 2.05) is 45.9 Å². The lowest BCUT2D eigenvalue weighted by molar-refractivity contribution is -0.137. The number of methoxy groups -OCH3 is 3. The summed E-state index contributed by atoms with van der Waals surface area (Å²) in [4.78, 5) is 27.0. The minimum absolute atomic E-state index is 0.126. The molecule has 0 aromatic heterocycles. The zero-order valence-electron chi connectivity index (χ0n) is 34.3. The molecule has 12 heteroatoms. The van der Waals surface area contributed by atoms with Gasteiger partial charge in [-0.1, -0.05) is 44.9 Å². The SMILES string of the molecule is COc1cc(NC(=O)C(OC(C)C)C(N)CC2CCCC(COc3ccc(OC)c(CNC(=O)C(OC(C)C)[C@H](N)CC4CCCCC4)c3)C2)cc(OC)c1. The molecular weight excluding hydrogens is 700 g/mol. The summed E-state index contributed by atoms with van der Waals surface area (Å²) in [6.07, 6.45) is 9.71. The Morgan fingerprint density at radius 1 is 0.691 bits per heavy atom. The number of benzene rings is 2. The van der Waals surface area contributed by atoms with Crippen molar-refractivity contribution in [1.82, 2.24) is 5.32 Å². The van der Waals surface area contributed by atoms with E-state index in [4.69, 9.17) is 39.9 Å². The van der Waals surface area contributed by atoms with E-state index < -0.39 is 18.2 Å². The Morgan fingerprint density at radius 3 is 1.87 bits per heavy atom. The van der Waals surface area contributed by atoms with Gasteiger partial charge in [0.25, 0.3) is 11.8 Å². The van der Waals surface area contributed by atoms with Crippen molar-refractivity contribution in [3.8, 4) is 23.0 Å². The molecule has 6 atom stereocenters. The predicted octanol–water partition coefficient (Wildman–Crippen LogP) is 6.75. The zero-order valence-corrected chi connectivity index (χ0v) is 34.3. The fourth-order valence-corrected chi connectivity index (χ4v) is 8.08. The molecule has 0 saturated heterocycles. The lowest BCUT2D eigenvalue weighted by Gasteiger charge is -2.33. The molecule has 308 valence electrons. The highest BCUT2D eigenvalue weighted by atomic mass is 16.5. The van der Waals surface area contributed by atoms with Crippen LogP contribution in [0.1, 0.15) is 104 Å². The number of hydrogen-bond acceptors (Lipinski definition) is 10. The van der Waals surface area contributed by atoms with E-state index in [1.165, 1.54) is 19.3 Å². The van der Waals surface area contributed by atoms with Crippen molar-refractivity contribution in [2.45, 2.75) is 141 Å². The second kappa shape index (κ2) is 22.2. The molecule has 2 aliphatic carbocycles. The Kier molecular flexibility index (Phi) is 17.8. The van der Waals surface area contributed by atoms with E-state index in [0.717, 1.165) is 50.5 Å². The van der Waals surface area contributed by atoms with Crippen molar-refractivity contribution in [2.75, 3.05) is 33.3 Å². The monoisotopic (exact) mass is 769 g/mol. The lowest BCUT2D eigenvalue weighted by Crippen LogP contribution is -2.49. The molecule has 2 fully saturated rings. The number of amides is 2. The lowest BCUT2D eigenvalue weighted by atomic mass is 9.78. The number of carbonyl (C=O) groups excluding carboxylic acids is 2. The Hall–Kier alpha value is -3.58. The van der Waals surface area contributed by atoms with Crippen LogP contribution in [0.15, 0.2) is 36.4 Å². The second-order valence-electron chi connectivity index (χ2n) is 16.0. The van der Waals surface area contributed by atoms with Gasteiger partial charge in [-0.3, -0.25) is 9.59 Å². The summed E-state index contributed by atoms with van der Waals surface area (Å²) < 4.78 is 34.9. The van der Waals surface area contributed by atoms with Gasteiger partial charge in [-0.2, -0.15) is 0 Å². The topological polar surface area (TPSA) is 166 Å². The summed E-state index contributed by atoms with van der Waals surface area (Å²) >= 11 is 0. The van der Waals surface area contributed by atoms with Crippen LogP contribution in [-0.4, -0.2) is 76.3 Å². The molecule has 2 saturated carbocycles. The van der Waals surface area contributed by atoms with E-state index in [9.17, 15) is 9.59 Å². The van der Waals surface area contributed by atoms with E-state index in [1.54, 1.807) is 39.5 Å². The normalized spacial score (nSPS) is 20.0. The van der Waals surface area contributed by atoms with Gasteiger partial charge < -0.3 is 50.5 Å². The Bertz CT molecular complexity index is 1460. The molecule has 55 heavy (non-hydrogen) atoms. The van der Waals surface area contributed by atoms with Gasteiger partial charge in [0.15, 0.2) is 12.2 Å². The maximum absolute atomic E-state index is 13.5. The van der Waals surface area contributed by atoms with Crippen LogP contribution in [0, 0.1) is 17.8 Å². The first-order valence-electron chi connectivity index (χ1n) is 20.3. The molecule has 5 unspecified atom stereocenters. The number of rotatable bonds is 21. The molecular formula is C43H68N4O8. The Labute approximate surface area is 329 Å². The highest BCUT2D eigenvalue weighted by Gasteiger charge is 2.33. The predicted molar refractivity (Wildman–Crippen MR) is 216 cm³/mol. The van der Waals surface area contributed by atoms with Crippen molar-refractivity contribution in [1.29, 1.82) is 0 Å². The molecule has 12 nitrogen and oxygen atoms in total. The molecule has 2 aromatic rings. The third kappa shape index (κ3) is 14.1. The third-order valence-electron chi connectivity index (χ3n) is 10.8. The van der Waals surface area contributed by atoms with Gasteiger partial charge in [-0.15, -0.1) is 0 Å². The van der Waals surface area contributed by atoms with Gasteiger partial charge in [0.1, 0.15) is 23.0 Å². The summed E-state index contributed by atoms with van der Waals surface area (Å²) in [7, 11) is 4.75. The summed E-state index contributed by atoms with van der Waals surface area (Å²) in [6.45, 7) is 8.48. The van der Waals surface area contributed by atoms with E-state index in [2.05, 4.69) is 10.6 Å². The molecule has 0 spiro atoms. The van der Waals surface area contributed by atoms with Crippen molar-refractivity contribution < 1.29 is 38.0 Å². The first-order chi connectivity index (χ1) is 26.4. The van der Waals surface area contributed by atoms with Gasteiger partial charge >= 0.3 is 0 Å². The zero-order chi connectivity index (χ0) is 39.9. The van der Waals surface area contributed by atoms with Gasteiger partial charge in [0, 0.05) is 48.1 Å². The first-order valence-corrected chi connectivity index (χ1v) is 20.3. The number of hydrogen-bond donors (Lipinski definition) is 4. The fourth-order valence-electron chi connectivity index (χ4n) is 8.08.